The van der Waals surface area contributed by atoms with Gasteiger partial charge >= 0.3 is 0 Å². The molecule has 22 heavy (non-hydrogen) atoms. The highest BCUT2D eigenvalue weighted by molar-refractivity contribution is 5.82. The Hall–Kier alpha value is -3.22. The van der Waals surface area contributed by atoms with Crippen LogP contribution < -0.4 is 5.43 Å². The molecular weight excluding hydrogens is 282 g/mol. The lowest BCUT2D eigenvalue weighted by molar-refractivity contribution is -0.384. The summed E-state index contributed by atoms with van der Waals surface area (Å²) < 4.78 is 0. The highest BCUT2D eigenvalue weighted by Crippen LogP contribution is 2.17. The number of benzene rings is 2. The molecule has 1 aromatic heterocycles. The normalized spacial score (nSPS) is 11.1. The van der Waals surface area contributed by atoms with E-state index in [0.717, 1.165) is 16.6 Å². The van der Waals surface area contributed by atoms with E-state index in [1.165, 1.54) is 18.3 Å². The van der Waals surface area contributed by atoms with Crippen LogP contribution in [0.5, 0.6) is 0 Å². The number of nitro groups is 1. The number of non-ortho nitro benzene ring substituents is 1. The molecule has 2 aromatic carbocycles. The molecule has 3 aromatic rings. The monoisotopic (exact) mass is 295 g/mol. The number of aromatic amines is 1. The number of para-hydroxylation sites is 1. The standard InChI is InChI=1S/C15H13N5O2/c1-10-4-2-7-13-14(10)18-15(17-13)19-16-9-11-5-3-6-12(8-11)20(21)22/h2-9H,1H3,(H2,17,18,19)/b16-9+. The molecule has 7 nitrogen and oxygen atoms in total. The number of aromatic nitrogens is 2. The molecule has 0 aliphatic carbocycles. The summed E-state index contributed by atoms with van der Waals surface area (Å²) in [4.78, 5) is 17.8. The molecule has 0 saturated carbocycles. The molecule has 0 amide bonds. The van der Waals surface area contributed by atoms with E-state index in [9.17, 15) is 10.1 Å². The van der Waals surface area contributed by atoms with Crippen molar-refractivity contribution in [2.75, 3.05) is 5.43 Å². The van der Waals surface area contributed by atoms with E-state index in [2.05, 4.69) is 20.5 Å². The molecule has 0 aliphatic rings. The minimum atomic E-state index is -0.438. The Labute approximate surface area is 125 Å². The summed E-state index contributed by atoms with van der Waals surface area (Å²) in [5, 5.41) is 14.8. The Morgan fingerprint density at radius 1 is 1.32 bits per heavy atom. The third kappa shape index (κ3) is 2.78. The van der Waals surface area contributed by atoms with Gasteiger partial charge in [0.25, 0.3) is 5.69 Å². The van der Waals surface area contributed by atoms with E-state index < -0.39 is 4.92 Å². The summed E-state index contributed by atoms with van der Waals surface area (Å²) in [6.07, 6.45) is 1.51. The quantitative estimate of drug-likeness (QED) is 0.439. The van der Waals surface area contributed by atoms with Crippen LogP contribution in [0.25, 0.3) is 11.0 Å². The zero-order valence-corrected chi connectivity index (χ0v) is 11.8. The van der Waals surface area contributed by atoms with Gasteiger partial charge in [0.15, 0.2) is 0 Å². The second kappa shape index (κ2) is 5.65. The van der Waals surface area contributed by atoms with Crippen molar-refractivity contribution in [1.29, 1.82) is 0 Å². The van der Waals surface area contributed by atoms with Gasteiger partial charge in [0.05, 0.1) is 22.2 Å². The fraction of sp³-hybridized carbons (Fsp3) is 0.0667. The first-order valence-electron chi connectivity index (χ1n) is 6.62. The molecule has 7 heteroatoms. The van der Waals surface area contributed by atoms with Crippen molar-refractivity contribution in [2.45, 2.75) is 6.92 Å². The molecule has 1 heterocycles. The zero-order chi connectivity index (χ0) is 15.5. The number of hydrogen-bond donors (Lipinski definition) is 2. The van der Waals surface area contributed by atoms with Gasteiger partial charge in [-0.2, -0.15) is 5.10 Å². The lowest BCUT2D eigenvalue weighted by Gasteiger charge is -1.95. The summed E-state index contributed by atoms with van der Waals surface area (Å²) in [7, 11) is 0. The first-order valence-corrected chi connectivity index (χ1v) is 6.62. The average molecular weight is 295 g/mol. The molecule has 0 radical (unpaired) electrons. The van der Waals surface area contributed by atoms with Gasteiger partial charge in [0, 0.05) is 17.7 Å². The number of H-pyrrole nitrogens is 1. The van der Waals surface area contributed by atoms with Gasteiger partial charge in [-0.3, -0.25) is 10.1 Å². The van der Waals surface area contributed by atoms with Gasteiger partial charge in [-0.25, -0.2) is 10.4 Å². The van der Waals surface area contributed by atoms with Gasteiger partial charge in [-0.05, 0) is 18.6 Å². The Morgan fingerprint density at radius 3 is 2.91 bits per heavy atom. The predicted molar refractivity (Wildman–Crippen MR) is 85.1 cm³/mol. The number of nitro benzene ring substituents is 1. The lowest BCUT2D eigenvalue weighted by Crippen LogP contribution is -1.93. The number of aryl methyl sites for hydroxylation is 1. The van der Waals surface area contributed by atoms with Crippen molar-refractivity contribution in [3.05, 3.63) is 63.7 Å². The van der Waals surface area contributed by atoms with Crippen molar-refractivity contribution in [3.63, 3.8) is 0 Å². The highest BCUT2D eigenvalue weighted by atomic mass is 16.6. The first-order chi connectivity index (χ1) is 10.6. The molecule has 110 valence electrons. The van der Waals surface area contributed by atoms with Crippen LogP contribution in [0.2, 0.25) is 0 Å². The molecule has 3 rings (SSSR count). The van der Waals surface area contributed by atoms with Crippen molar-refractivity contribution in [3.8, 4) is 0 Å². The molecule has 0 spiro atoms. The smallest absolute Gasteiger partial charge is 0.270 e. The van der Waals surface area contributed by atoms with E-state index in [4.69, 9.17) is 0 Å². The van der Waals surface area contributed by atoms with Crippen molar-refractivity contribution >= 4 is 28.9 Å². The fourth-order valence-corrected chi connectivity index (χ4v) is 2.12. The number of nitrogens with one attached hydrogen (secondary N) is 2. The van der Waals surface area contributed by atoms with E-state index in [0.29, 0.717) is 11.5 Å². The molecule has 2 N–H and O–H groups in total. The van der Waals surface area contributed by atoms with Gasteiger partial charge in [-0.1, -0.05) is 24.3 Å². The number of rotatable bonds is 4. The maximum absolute atomic E-state index is 10.7. The molecule has 0 aliphatic heterocycles. The number of anilines is 1. The Kier molecular flexibility index (Phi) is 3.53. The van der Waals surface area contributed by atoms with Crippen molar-refractivity contribution < 1.29 is 4.92 Å². The maximum Gasteiger partial charge on any atom is 0.270 e. The molecular formula is C15H13N5O2. The topological polar surface area (TPSA) is 96.2 Å². The average Bonchev–Trinajstić information content (AvgIpc) is 2.92. The minimum Gasteiger partial charge on any atom is -0.323 e. The van der Waals surface area contributed by atoms with Crippen LogP contribution in [0.1, 0.15) is 11.1 Å². The third-order valence-electron chi connectivity index (χ3n) is 3.18. The van der Waals surface area contributed by atoms with Gasteiger partial charge in [0.1, 0.15) is 0 Å². The van der Waals surface area contributed by atoms with E-state index in [-0.39, 0.29) is 5.69 Å². The SMILES string of the molecule is Cc1cccc2[nH]c(N/N=C/c3cccc([N+](=O)[O-])c3)nc12. The third-order valence-corrected chi connectivity index (χ3v) is 3.18. The Balaban J connectivity index is 1.77. The largest absolute Gasteiger partial charge is 0.323 e. The van der Waals surface area contributed by atoms with Gasteiger partial charge in [-0.15, -0.1) is 0 Å². The summed E-state index contributed by atoms with van der Waals surface area (Å²) >= 11 is 0. The van der Waals surface area contributed by atoms with Crippen molar-refractivity contribution in [1.82, 2.24) is 9.97 Å². The van der Waals surface area contributed by atoms with Crippen LogP contribution in [0.15, 0.2) is 47.6 Å². The summed E-state index contributed by atoms with van der Waals surface area (Å²) in [6.45, 7) is 1.99. The number of fused-ring (bicyclic) bond motifs is 1. The van der Waals surface area contributed by atoms with E-state index in [1.54, 1.807) is 12.1 Å². The summed E-state index contributed by atoms with van der Waals surface area (Å²) in [5.74, 6) is 0.519. The van der Waals surface area contributed by atoms with Gasteiger partial charge in [0.2, 0.25) is 5.95 Å². The van der Waals surface area contributed by atoms with Crippen LogP contribution in [0.4, 0.5) is 11.6 Å². The molecule has 0 saturated heterocycles. The van der Waals surface area contributed by atoms with E-state index >= 15 is 0 Å². The number of hydrazone groups is 1. The predicted octanol–water partition coefficient (Wildman–Crippen LogP) is 3.23. The van der Waals surface area contributed by atoms with Crippen LogP contribution in [-0.4, -0.2) is 21.1 Å². The first kappa shape index (κ1) is 13.7. The van der Waals surface area contributed by atoms with Crippen molar-refractivity contribution in [2.24, 2.45) is 5.10 Å². The molecule has 0 atom stereocenters. The summed E-state index contributed by atoms with van der Waals surface area (Å²) in [5.41, 5.74) is 6.34. The number of imidazole rings is 1. The number of hydrogen-bond acceptors (Lipinski definition) is 5. The lowest BCUT2D eigenvalue weighted by atomic mass is 10.2. The molecule has 0 fully saturated rings. The van der Waals surface area contributed by atoms with Crippen LogP contribution in [0.3, 0.4) is 0 Å². The van der Waals surface area contributed by atoms with Gasteiger partial charge < -0.3 is 4.98 Å². The molecule has 0 unspecified atom stereocenters. The zero-order valence-electron chi connectivity index (χ0n) is 11.8. The maximum atomic E-state index is 10.7. The molecule has 0 bridgehead atoms. The summed E-state index contributed by atoms with van der Waals surface area (Å²) in [6, 6.07) is 12.1. The second-order valence-corrected chi connectivity index (χ2v) is 4.78. The Morgan fingerprint density at radius 2 is 2.14 bits per heavy atom. The number of nitrogens with zero attached hydrogens (tertiary/aromatic N) is 3. The van der Waals surface area contributed by atoms with Crippen LogP contribution in [-0.2, 0) is 0 Å². The Bertz CT molecular complexity index is 869. The van der Waals surface area contributed by atoms with E-state index in [1.807, 2.05) is 25.1 Å². The highest BCUT2D eigenvalue weighted by Gasteiger charge is 2.05. The second-order valence-electron chi connectivity index (χ2n) is 4.78. The van der Waals surface area contributed by atoms with Crippen LogP contribution >= 0.6 is 0 Å². The van der Waals surface area contributed by atoms with Crippen LogP contribution in [0, 0.1) is 17.0 Å². The minimum absolute atomic E-state index is 0.0308. The fourth-order valence-electron chi connectivity index (χ4n) is 2.12.